The zero-order valence-corrected chi connectivity index (χ0v) is 21.3. The first-order chi connectivity index (χ1) is 17.0. The van der Waals surface area contributed by atoms with Gasteiger partial charge in [0.1, 0.15) is 0 Å². The molecule has 0 atom stereocenters. The molecule has 0 saturated heterocycles. The Bertz CT molecular complexity index is 1270. The van der Waals surface area contributed by atoms with Crippen LogP contribution >= 0.6 is 11.3 Å². The number of rotatable bonds is 11. The first kappa shape index (κ1) is 24.5. The Morgan fingerprint density at radius 2 is 1.66 bits per heavy atom. The standard InChI is InChI=1S/C26H30N4O4S/c1-5-32-21-14-19(15-22(33-6-2)23(21)34-7-3)25(31)27-13-12-20-16-35-26-28-24(29-30(20)26)18-10-8-17(4)9-11-18/h8-11,14-16H,5-7,12-13H2,1-4H3,(H,27,31). The molecule has 9 heteroatoms. The third kappa shape index (κ3) is 5.57. The molecule has 4 rings (SSSR count). The topological polar surface area (TPSA) is 87.0 Å². The van der Waals surface area contributed by atoms with Gasteiger partial charge in [-0.3, -0.25) is 4.79 Å². The zero-order chi connectivity index (χ0) is 24.8. The predicted octanol–water partition coefficient (Wildman–Crippen LogP) is 4.93. The highest BCUT2D eigenvalue weighted by molar-refractivity contribution is 7.15. The Balaban J connectivity index is 1.46. The highest BCUT2D eigenvalue weighted by Gasteiger charge is 2.18. The molecule has 0 bridgehead atoms. The lowest BCUT2D eigenvalue weighted by Gasteiger charge is -2.17. The van der Waals surface area contributed by atoms with Crippen LogP contribution in [0.2, 0.25) is 0 Å². The van der Waals surface area contributed by atoms with Gasteiger partial charge in [-0.05, 0) is 39.8 Å². The van der Waals surface area contributed by atoms with Crippen molar-refractivity contribution in [3.8, 4) is 28.6 Å². The summed E-state index contributed by atoms with van der Waals surface area (Å²) in [4.78, 5) is 18.4. The molecule has 0 fully saturated rings. The molecule has 184 valence electrons. The highest BCUT2D eigenvalue weighted by atomic mass is 32.1. The van der Waals surface area contributed by atoms with Crippen molar-refractivity contribution in [3.05, 3.63) is 58.6 Å². The van der Waals surface area contributed by atoms with Crippen molar-refractivity contribution >= 4 is 22.2 Å². The van der Waals surface area contributed by atoms with Gasteiger partial charge in [-0.15, -0.1) is 16.4 Å². The van der Waals surface area contributed by atoms with Crippen molar-refractivity contribution in [3.63, 3.8) is 0 Å². The number of nitrogens with zero attached hydrogens (tertiary/aromatic N) is 3. The highest BCUT2D eigenvalue weighted by Crippen LogP contribution is 2.39. The maximum atomic E-state index is 12.9. The van der Waals surface area contributed by atoms with Gasteiger partial charge in [-0.2, -0.15) is 4.98 Å². The fraction of sp³-hybridized carbons (Fsp3) is 0.346. The maximum absolute atomic E-state index is 12.9. The van der Waals surface area contributed by atoms with Crippen LogP contribution in [0.5, 0.6) is 17.2 Å². The van der Waals surface area contributed by atoms with Gasteiger partial charge >= 0.3 is 0 Å². The molecule has 0 unspecified atom stereocenters. The second-order valence-electron chi connectivity index (χ2n) is 7.83. The average molecular weight is 495 g/mol. The molecular formula is C26H30N4O4S. The number of amides is 1. The van der Waals surface area contributed by atoms with Crippen molar-refractivity contribution in [1.82, 2.24) is 19.9 Å². The van der Waals surface area contributed by atoms with Crippen molar-refractivity contribution in [2.45, 2.75) is 34.1 Å². The number of ether oxygens (including phenoxy) is 3. The van der Waals surface area contributed by atoms with Crippen LogP contribution in [-0.2, 0) is 6.42 Å². The molecule has 8 nitrogen and oxygen atoms in total. The SMILES string of the molecule is CCOc1cc(C(=O)NCCc2csc3nc(-c4ccc(C)cc4)nn23)cc(OCC)c1OCC. The monoisotopic (exact) mass is 494 g/mol. The summed E-state index contributed by atoms with van der Waals surface area (Å²) >= 11 is 1.54. The molecule has 0 aliphatic carbocycles. The van der Waals surface area contributed by atoms with E-state index in [0.717, 1.165) is 16.2 Å². The van der Waals surface area contributed by atoms with E-state index in [1.165, 1.54) is 16.9 Å². The van der Waals surface area contributed by atoms with Crippen LogP contribution in [0.25, 0.3) is 16.3 Å². The van der Waals surface area contributed by atoms with E-state index in [2.05, 4.69) is 34.5 Å². The van der Waals surface area contributed by atoms with Gasteiger partial charge in [-0.1, -0.05) is 29.8 Å². The van der Waals surface area contributed by atoms with E-state index in [9.17, 15) is 4.79 Å². The smallest absolute Gasteiger partial charge is 0.251 e. The van der Waals surface area contributed by atoms with Crippen LogP contribution in [0.3, 0.4) is 0 Å². The Kier molecular flexibility index (Phi) is 7.87. The minimum atomic E-state index is -0.208. The lowest BCUT2D eigenvalue weighted by Crippen LogP contribution is -2.26. The molecule has 2 heterocycles. The molecule has 4 aromatic rings. The molecule has 2 aromatic heterocycles. The number of thiazole rings is 1. The lowest BCUT2D eigenvalue weighted by molar-refractivity contribution is 0.0953. The third-order valence-electron chi connectivity index (χ3n) is 5.30. The molecule has 2 aromatic carbocycles. The van der Waals surface area contributed by atoms with Crippen LogP contribution in [0.4, 0.5) is 0 Å². The van der Waals surface area contributed by atoms with Gasteiger partial charge in [0.05, 0.1) is 25.5 Å². The fourth-order valence-corrected chi connectivity index (χ4v) is 4.50. The quantitative estimate of drug-likeness (QED) is 0.318. The van der Waals surface area contributed by atoms with Crippen LogP contribution in [0.1, 0.15) is 42.4 Å². The summed E-state index contributed by atoms with van der Waals surface area (Å²) in [6, 6.07) is 11.5. The normalized spacial score (nSPS) is 11.0. The minimum Gasteiger partial charge on any atom is -0.490 e. The number of benzene rings is 2. The maximum Gasteiger partial charge on any atom is 0.251 e. The molecular weight excluding hydrogens is 464 g/mol. The molecule has 0 saturated carbocycles. The van der Waals surface area contributed by atoms with Crippen LogP contribution < -0.4 is 19.5 Å². The second kappa shape index (κ2) is 11.2. The summed E-state index contributed by atoms with van der Waals surface area (Å²) in [7, 11) is 0. The molecule has 0 aliphatic heterocycles. The van der Waals surface area contributed by atoms with Crippen LogP contribution in [0, 0.1) is 6.92 Å². The van der Waals surface area contributed by atoms with Gasteiger partial charge in [0.25, 0.3) is 5.91 Å². The second-order valence-corrected chi connectivity index (χ2v) is 8.67. The van der Waals surface area contributed by atoms with Crippen molar-refractivity contribution in [2.24, 2.45) is 0 Å². The fourth-order valence-electron chi connectivity index (χ4n) is 3.65. The van der Waals surface area contributed by atoms with Crippen molar-refractivity contribution < 1.29 is 19.0 Å². The number of hydrogen-bond donors (Lipinski definition) is 1. The number of nitrogens with one attached hydrogen (secondary N) is 1. The lowest BCUT2D eigenvalue weighted by atomic mass is 10.1. The Morgan fingerprint density at radius 1 is 1.00 bits per heavy atom. The average Bonchev–Trinajstić information content (AvgIpc) is 3.43. The minimum absolute atomic E-state index is 0.208. The van der Waals surface area contributed by atoms with E-state index in [1.54, 1.807) is 12.1 Å². The van der Waals surface area contributed by atoms with Crippen LogP contribution in [0.15, 0.2) is 41.8 Å². The first-order valence-corrected chi connectivity index (χ1v) is 12.7. The molecule has 35 heavy (non-hydrogen) atoms. The largest absolute Gasteiger partial charge is 0.490 e. The molecule has 1 N–H and O–H groups in total. The molecule has 0 radical (unpaired) electrons. The van der Waals surface area contributed by atoms with E-state index in [0.29, 0.717) is 61.4 Å². The Morgan fingerprint density at radius 3 is 2.29 bits per heavy atom. The van der Waals surface area contributed by atoms with Gasteiger partial charge < -0.3 is 19.5 Å². The van der Waals surface area contributed by atoms with Gasteiger partial charge in [-0.25, -0.2) is 4.52 Å². The summed E-state index contributed by atoms with van der Waals surface area (Å²) in [5.41, 5.74) is 3.63. The number of hydrogen-bond acceptors (Lipinski definition) is 7. The molecule has 0 aliphatic rings. The number of carbonyl (C=O) groups is 1. The number of carbonyl (C=O) groups excluding carboxylic acids is 1. The van der Waals surface area contributed by atoms with E-state index in [1.807, 2.05) is 42.8 Å². The summed E-state index contributed by atoms with van der Waals surface area (Å²) in [5.74, 6) is 2.00. The van der Waals surface area contributed by atoms with Gasteiger partial charge in [0.15, 0.2) is 17.3 Å². The number of aryl methyl sites for hydroxylation is 1. The van der Waals surface area contributed by atoms with Crippen LogP contribution in [-0.4, -0.2) is 46.9 Å². The van der Waals surface area contributed by atoms with Gasteiger partial charge in [0.2, 0.25) is 10.7 Å². The number of aromatic nitrogens is 3. The Hall–Kier alpha value is -3.59. The third-order valence-corrected chi connectivity index (χ3v) is 6.16. The zero-order valence-electron chi connectivity index (χ0n) is 20.5. The van der Waals surface area contributed by atoms with E-state index in [-0.39, 0.29) is 5.91 Å². The summed E-state index contributed by atoms with van der Waals surface area (Å²) < 4.78 is 19.0. The molecule has 1 amide bonds. The van der Waals surface area contributed by atoms with Gasteiger partial charge in [0, 0.05) is 29.5 Å². The van der Waals surface area contributed by atoms with Crippen molar-refractivity contribution in [2.75, 3.05) is 26.4 Å². The molecule has 0 spiro atoms. The van der Waals surface area contributed by atoms with Crippen molar-refractivity contribution in [1.29, 1.82) is 0 Å². The number of fused-ring (bicyclic) bond motifs is 1. The first-order valence-electron chi connectivity index (χ1n) is 11.8. The summed E-state index contributed by atoms with van der Waals surface area (Å²) in [6.45, 7) is 9.54. The van der Waals surface area contributed by atoms with E-state index in [4.69, 9.17) is 14.2 Å². The van der Waals surface area contributed by atoms with E-state index >= 15 is 0 Å². The van der Waals surface area contributed by atoms with E-state index < -0.39 is 0 Å². The predicted molar refractivity (Wildman–Crippen MR) is 137 cm³/mol. The summed E-state index contributed by atoms with van der Waals surface area (Å²) in [6.07, 6.45) is 0.621. The summed E-state index contributed by atoms with van der Waals surface area (Å²) in [5, 5.41) is 9.69. The Labute approximate surface area is 208 Å².